The van der Waals surface area contributed by atoms with Crippen molar-refractivity contribution in [3.63, 3.8) is 0 Å². The van der Waals surface area contributed by atoms with Gasteiger partial charge in [-0.05, 0) is 30.3 Å². The number of nitrogens with zero attached hydrogens (tertiary/aromatic N) is 1. The number of anilines is 1. The van der Waals surface area contributed by atoms with Gasteiger partial charge in [0.05, 0.1) is 29.6 Å². The Hall–Kier alpha value is -2.44. The fourth-order valence-electron chi connectivity index (χ4n) is 2.24. The third-order valence-corrected chi connectivity index (χ3v) is 3.74. The van der Waals surface area contributed by atoms with Crippen molar-refractivity contribution < 1.29 is 14.3 Å². The minimum atomic E-state index is -0.413. The van der Waals surface area contributed by atoms with Gasteiger partial charge < -0.3 is 15.4 Å². The summed E-state index contributed by atoms with van der Waals surface area (Å²) in [4.78, 5) is 28.7. The summed E-state index contributed by atoms with van der Waals surface area (Å²) in [5, 5.41) is 6.01. The molecule has 0 saturated heterocycles. The molecule has 0 aliphatic rings. The molecule has 2 aromatic rings. The van der Waals surface area contributed by atoms with Gasteiger partial charge in [-0.3, -0.25) is 14.6 Å². The minimum Gasteiger partial charge on any atom is -0.382 e. The molecular weight excluding hydrogens is 342 g/mol. The van der Waals surface area contributed by atoms with Crippen LogP contribution in [0.4, 0.5) is 5.69 Å². The smallest absolute Gasteiger partial charge is 0.254 e. The third-order valence-electron chi connectivity index (χ3n) is 3.50. The van der Waals surface area contributed by atoms with Crippen molar-refractivity contribution in [1.29, 1.82) is 0 Å². The summed E-state index contributed by atoms with van der Waals surface area (Å²) in [7, 11) is 1.55. The fraction of sp³-hybridized carbons (Fsp3) is 0.278. The van der Waals surface area contributed by atoms with Gasteiger partial charge in [0.2, 0.25) is 5.91 Å². The fourth-order valence-corrected chi connectivity index (χ4v) is 2.41. The van der Waals surface area contributed by atoms with Gasteiger partial charge in [0.15, 0.2) is 0 Å². The normalized spacial score (nSPS) is 11.6. The first-order valence-corrected chi connectivity index (χ1v) is 8.23. The second kappa shape index (κ2) is 9.15. The lowest BCUT2D eigenvalue weighted by Crippen LogP contribution is -2.32. The van der Waals surface area contributed by atoms with Crippen LogP contribution in [0.15, 0.2) is 42.6 Å². The number of benzene rings is 1. The monoisotopic (exact) mass is 361 g/mol. The largest absolute Gasteiger partial charge is 0.382 e. The van der Waals surface area contributed by atoms with Crippen molar-refractivity contribution in [2.75, 3.05) is 19.0 Å². The van der Waals surface area contributed by atoms with Crippen molar-refractivity contribution in [3.05, 3.63) is 58.9 Å². The Balaban J connectivity index is 2.25. The third kappa shape index (κ3) is 5.27. The summed E-state index contributed by atoms with van der Waals surface area (Å²) < 4.78 is 5.18. The highest BCUT2D eigenvalue weighted by atomic mass is 35.5. The first-order chi connectivity index (χ1) is 12.0. The van der Waals surface area contributed by atoms with E-state index in [0.29, 0.717) is 28.4 Å². The standard InChI is InChI=1S/C18H20ClN3O3/c1-3-17(23)21-15-10-12(19)7-8-13(15)18(24)22-16(11-25-2)14-6-4-5-9-20-14/h4-10,16H,3,11H2,1-2H3,(H,21,23)(H,22,24). The summed E-state index contributed by atoms with van der Waals surface area (Å²) in [5.74, 6) is -0.551. The number of rotatable bonds is 7. The maximum Gasteiger partial charge on any atom is 0.254 e. The van der Waals surface area contributed by atoms with E-state index in [1.807, 2.05) is 12.1 Å². The number of aromatic nitrogens is 1. The molecule has 1 heterocycles. The summed E-state index contributed by atoms with van der Waals surface area (Å²) in [6.07, 6.45) is 1.95. The van der Waals surface area contributed by atoms with E-state index >= 15 is 0 Å². The summed E-state index contributed by atoms with van der Waals surface area (Å²) in [6.45, 7) is 2.00. The maximum absolute atomic E-state index is 12.7. The van der Waals surface area contributed by atoms with Crippen LogP contribution in [0.2, 0.25) is 5.02 Å². The molecule has 1 unspecified atom stereocenters. The molecule has 2 N–H and O–H groups in total. The molecule has 0 aliphatic heterocycles. The molecule has 7 heteroatoms. The van der Waals surface area contributed by atoms with Gasteiger partial charge in [0.1, 0.15) is 0 Å². The second-order valence-electron chi connectivity index (χ2n) is 5.33. The lowest BCUT2D eigenvalue weighted by Gasteiger charge is -2.19. The zero-order valence-electron chi connectivity index (χ0n) is 14.1. The molecule has 0 fully saturated rings. The van der Waals surface area contributed by atoms with Gasteiger partial charge in [-0.15, -0.1) is 0 Å². The molecular formula is C18H20ClN3O3. The van der Waals surface area contributed by atoms with E-state index in [0.717, 1.165) is 0 Å². The Labute approximate surface area is 151 Å². The number of hydrogen-bond donors (Lipinski definition) is 2. The Morgan fingerprint density at radius 1 is 1.28 bits per heavy atom. The lowest BCUT2D eigenvalue weighted by molar-refractivity contribution is -0.115. The highest BCUT2D eigenvalue weighted by molar-refractivity contribution is 6.31. The van der Waals surface area contributed by atoms with E-state index in [2.05, 4.69) is 15.6 Å². The zero-order valence-corrected chi connectivity index (χ0v) is 14.8. The van der Waals surface area contributed by atoms with E-state index in [1.165, 1.54) is 0 Å². The molecule has 2 rings (SSSR count). The Morgan fingerprint density at radius 2 is 2.08 bits per heavy atom. The topological polar surface area (TPSA) is 80.3 Å². The molecule has 132 valence electrons. The van der Waals surface area contributed by atoms with E-state index in [1.54, 1.807) is 44.5 Å². The van der Waals surface area contributed by atoms with Crippen LogP contribution in [0, 0.1) is 0 Å². The van der Waals surface area contributed by atoms with Crippen molar-refractivity contribution in [1.82, 2.24) is 10.3 Å². The highest BCUT2D eigenvalue weighted by Crippen LogP contribution is 2.22. The molecule has 0 spiro atoms. The Kier molecular flexibility index (Phi) is 6.91. The summed E-state index contributed by atoms with van der Waals surface area (Å²) >= 11 is 5.99. The lowest BCUT2D eigenvalue weighted by atomic mass is 10.1. The number of halogens is 1. The van der Waals surface area contributed by atoms with E-state index in [-0.39, 0.29) is 18.4 Å². The predicted octanol–water partition coefficient (Wildman–Crippen LogP) is 3.20. The molecule has 25 heavy (non-hydrogen) atoms. The highest BCUT2D eigenvalue weighted by Gasteiger charge is 2.19. The van der Waals surface area contributed by atoms with Crippen LogP contribution in [0.5, 0.6) is 0 Å². The number of methoxy groups -OCH3 is 1. The van der Waals surface area contributed by atoms with Gasteiger partial charge in [-0.25, -0.2) is 0 Å². The van der Waals surface area contributed by atoms with Crippen molar-refractivity contribution in [3.8, 4) is 0 Å². The van der Waals surface area contributed by atoms with Crippen LogP contribution in [0.3, 0.4) is 0 Å². The van der Waals surface area contributed by atoms with Gasteiger partial charge in [0, 0.05) is 24.8 Å². The average Bonchev–Trinajstić information content (AvgIpc) is 2.62. The first kappa shape index (κ1) is 18.9. The van der Waals surface area contributed by atoms with E-state index < -0.39 is 6.04 Å². The van der Waals surface area contributed by atoms with Crippen LogP contribution in [0.1, 0.15) is 35.4 Å². The van der Waals surface area contributed by atoms with Crippen molar-refractivity contribution in [2.45, 2.75) is 19.4 Å². The molecule has 2 amide bonds. The number of hydrogen-bond acceptors (Lipinski definition) is 4. The summed E-state index contributed by atoms with van der Waals surface area (Å²) in [5.41, 5.74) is 1.38. The maximum atomic E-state index is 12.7. The van der Waals surface area contributed by atoms with Gasteiger partial charge in [0.25, 0.3) is 5.91 Å². The Morgan fingerprint density at radius 3 is 2.72 bits per heavy atom. The SMILES string of the molecule is CCC(=O)Nc1cc(Cl)ccc1C(=O)NC(COC)c1ccccn1. The van der Waals surface area contributed by atoms with Crippen molar-refractivity contribution >= 4 is 29.1 Å². The van der Waals surface area contributed by atoms with E-state index in [4.69, 9.17) is 16.3 Å². The second-order valence-corrected chi connectivity index (χ2v) is 5.76. The van der Waals surface area contributed by atoms with Crippen LogP contribution in [0.25, 0.3) is 0 Å². The van der Waals surface area contributed by atoms with Gasteiger partial charge in [-0.1, -0.05) is 24.6 Å². The number of ether oxygens (including phenoxy) is 1. The number of pyridine rings is 1. The molecule has 0 radical (unpaired) electrons. The molecule has 1 atom stereocenters. The van der Waals surface area contributed by atoms with Gasteiger partial charge >= 0.3 is 0 Å². The molecule has 0 saturated carbocycles. The number of amides is 2. The van der Waals surface area contributed by atoms with Crippen LogP contribution >= 0.6 is 11.6 Å². The molecule has 6 nitrogen and oxygen atoms in total. The Bertz CT molecular complexity index is 738. The molecule has 1 aromatic carbocycles. The zero-order chi connectivity index (χ0) is 18.2. The van der Waals surface area contributed by atoms with Crippen LogP contribution in [-0.4, -0.2) is 30.5 Å². The summed E-state index contributed by atoms with van der Waals surface area (Å²) in [6, 6.07) is 9.76. The van der Waals surface area contributed by atoms with Crippen LogP contribution in [-0.2, 0) is 9.53 Å². The first-order valence-electron chi connectivity index (χ1n) is 7.85. The number of carbonyl (C=O) groups is 2. The average molecular weight is 362 g/mol. The molecule has 1 aromatic heterocycles. The molecule has 0 bridgehead atoms. The number of carbonyl (C=O) groups excluding carboxylic acids is 2. The minimum absolute atomic E-state index is 0.200. The van der Waals surface area contributed by atoms with Crippen molar-refractivity contribution in [2.24, 2.45) is 0 Å². The van der Waals surface area contributed by atoms with Gasteiger partial charge in [-0.2, -0.15) is 0 Å². The predicted molar refractivity (Wildman–Crippen MR) is 96.7 cm³/mol. The molecule has 0 aliphatic carbocycles. The quantitative estimate of drug-likeness (QED) is 0.793. The van der Waals surface area contributed by atoms with E-state index in [9.17, 15) is 9.59 Å². The van der Waals surface area contributed by atoms with Crippen LogP contribution < -0.4 is 10.6 Å². The number of nitrogens with one attached hydrogen (secondary N) is 2.